The highest BCUT2D eigenvalue weighted by Gasteiger charge is 2.36. The number of benzene rings is 2. The number of nitrogens with one attached hydrogen (secondary N) is 1. The van der Waals surface area contributed by atoms with Gasteiger partial charge in [0.05, 0.1) is 58.6 Å². The predicted octanol–water partition coefficient (Wildman–Crippen LogP) is -0.252. The third-order valence-corrected chi connectivity index (χ3v) is 11.0. The lowest BCUT2D eigenvalue weighted by Gasteiger charge is -2.45. The smallest absolute Gasteiger partial charge is 0.274 e. The van der Waals surface area contributed by atoms with Gasteiger partial charge in [-0.1, -0.05) is 35.9 Å². The number of hydrogen-bond donors (Lipinski definition) is 3. The molecule has 2 aromatic carbocycles. The SMILES string of the molecule is Nc1nc(N)c(C(=O)N[C@H]2CCC[N+](CCCc3ccc(OCC(=O)N4CCOCC4)cc3)(CCCc3ccc(OCC(=O)N4CCOCC4)cc3)C2)nc1Cl.[Cl-]. The summed E-state index contributed by atoms with van der Waals surface area (Å²) in [5.74, 6) is 0.788. The van der Waals surface area contributed by atoms with Gasteiger partial charge in [0.2, 0.25) is 0 Å². The van der Waals surface area contributed by atoms with Gasteiger partial charge in [-0.3, -0.25) is 14.4 Å². The first-order chi connectivity index (χ1) is 27.2. The Morgan fingerprint density at radius 3 is 1.75 bits per heavy atom. The van der Waals surface area contributed by atoms with E-state index in [9.17, 15) is 14.4 Å². The maximum Gasteiger partial charge on any atom is 0.274 e. The first-order valence-corrected chi connectivity index (χ1v) is 19.9. The van der Waals surface area contributed by atoms with Crippen LogP contribution in [-0.2, 0) is 31.9 Å². The summed E-state index contributed by atoms with van der Waals surface area (Å²) >= 11 is 6.08. The monoisotopic (exact) mass is 828 g/mol. The Labute approximate surface area is 345 Å². The lowest BCUT2D eigenvalue weighted by Crippen LogP contribution is -3.00. The molecule has 5 N–H and O–H groups in total. The molecule has 3 aliphatic rings. The topological polar surface area (TPSA) is 184 Å². The summed E-state index contributed by atoms with van der Waals surface area (Å²) in [4.78, 5) is 49.9. The average molecular weight is 830 g/mol. The molecule has 0 saturated carbocycles. The molecular weight excluding hydrogens is 775 g/mol. The van der Waals surface area contributed by atoms with E-state index < -0.39 is 5.91 Å². The molecule has 1 atom stereocenters. The molecule has 17 heteroatoms. The van der Waals surface area contributed by atoms with Crippen LogP contribution in [0.15, 0.2) is 48.5 Å². The number of aromatic nitrogens is 2. The van der Waals surface area contributed by atoms with E-state index in [2.05, 4.69) is 39.6 Å². The van der Waals surface area contributed by atoms with Crippen molar-refractivity contribution in [2.24, 2.45) is 0 Å². The second-order valence-electron chi connectivity index (χ2n) is 14.7. The number of rotatable bonds is 16. The molecule has 0 aliphatic carbocycles. The van der Waals surface area contributed by atoms with Crippen LogP contribution in [0.25, 0.3) is 0 Å². The van der Waals surface area contributed by atoms with Gasteiger partial charge in [-0.25, -0.2) is 9.97 Å². The standard InChI is InChI=1S/C40H53ClN8O7.ClH/c41-37-39(43)46-38(42)36(45-37)40(52)44-31-6-3-21-49(26-31,19-1-4-29-7-11-32(12-8-29)55-27-34(50)47-15-22-53-23-16-47)20-2-5-30-9-13-33(14-10-30)56-28-35(51)48-17-24-54-25-18-48;/h7-14,31H,1-6,15-28H2,(H4-,42,43,44,46,52);1H/t31-;/m0./s1. The molecule has 15 nitrogen and oxygen atoms in total. The Hall–Kier alpha value is -4.41. The van der Waals surface area contributed by atoms with Crippen molar-refractivity contribution in [3.05, 3.63) is 70.5 Å². The summed E-state index contributed by atoms with van der Waals surface area (Å²) in [5.41, 5.74) is 14.1. The van der Waals surface area contributed by atoms with Crippen LogP contribution in [0.3, 0.4) is 0 Å². The number of amides is 3. The molecule has 3 aromatic rings. The molecule has 3 amide bonds. The van der Waals surface area contributed by atoms with E-state index in [-0.39, 0.29) is 66.0 Å². The van der Waals surface area contributed by atoms with Gasteiger partial charge in [0.1, 0.15) is 11.5 Å². The number of carbonyl (C=O) groups excluding carboxylic acids is 3. The number of ether oxygens (including phenoxy) is 4. The largest absolute Gasteiger partial charge is 1.00 e. The van der Waals surface area contributed by atoms with E-state index in [1.165, 1.54) is 11.1 Å². The van der Waals surface area contributed by atoms with Crippen molar-refractivity contribution >= 4 is 41.0 Å². The summed E-state index contributed by atoms with van der Waals surface area (Å²) in [6.45, 7) is 8.31. The number of quaternary nitrogens is 1. The molecular formula is C40H54Cl2N8O7. The highest BCUT2D eigenvalue weighted by Crippen LogP contribution is 2.25. The van der Waals surface area contributed by atoms with E-state index >= 15 is 0 Å². The molecule has 1 aromatic heterocycles. The highest BCUT2D eigenvalue weighted by atomic mass is 35.5. The highest BCUT2D eigenvalue weighted by molar-refractivity contribution is 6.31. The zero-order valence-corrected chi connectivity index (χ0v) is 33.9. The van der Waals surface area contributed by atoms with Gasteiger partial charge < -0.3 is 62.4 Å². The van der Waals surface area contributed by atoms with Crippen LogP contribution in [0.4, 0.5) is 11.6 Å². The van der Waals surface area contributed by atoms with Crippen molar-refractivity contribution in [1.82, 2.24) is 25.1 Å². The van der Waals surface area contributed by atoms with Crippen molar-refractivity contribution in [3.63, 3.8) is 0 Å². The zero-order valence-electron chi connectivity index (χ0n) is 32.3. The molecule has 0 radical (unpaired) electrons. The third-order valence-electron chi connectivity index (χ3n) is 10.7. The summed E-state index contributed by atoms with van der Waals surface area (Å²) in [6.07, 6.45) is 5.48. The Kier molecular flexibility index (Phi) is 16.4. The van der Waals surface area contributed by atoms with Crippen LogP contribution in [0.5, 0.6) is 11.5 Å². The molecule has 4 heterocycles. The molecule has 0 spiro atoms. The van der Waals surface area contributed by atoms with E-state index in [1.54, 1.807) is 9.80 Å². The Bertz CT molecular complexity index is 1690. The summed E-state index contributed by atoms with van der Waals surface area (Å²) in [7, 11) is 0. The second-order valence-corrected chi connectivity index (χ2v) is 15.1. The number of nitrogens with two attached hydrogens (primary N) is 2. The van der Waals surface area contributed by atoms with Crippen LogP contribution in [0.1, 0.15) is 47.3 Å². The van der Waals surface area contributed by atoms with Crippen molar-refractivity contribution in [2.75, 3.05) is 103 Å². The van der Waals surface area contributed by atoms with Gasteiger partial charge in [0.25, 0.3) is 17.7 Å². The van der Waals surface area contributed by atoms with Gasteiger partial charge in [-0.2, -0.15) is 0 Å². The third kappa shape index (κ3) is 12.8. The number of nitrogen functional groups attached to an aromatic ring is 2. The fourth-order valence-electron chi connectivity index (χ4n) is 7.66. The minimum atomic E-state index is -0.412. The number of likely N-dealkylation sites (tertiary alicyclic amines) is 1. The quantitative estimate of drug-likeness (QED) is 0.162. The Morgan fingerprint density at radius 2 is 1.26 bits per heavy atom. The van der Waals surface area contributed by atoms with Crippen molar-refractivity contribution in [2.45, 2.75) is 44.6 Å². The average Bonchev–Trinajstić information content (AvgIpc) is 3.22. The second kappa shape index (κ2) is 21.4. The number of piperidine rings is 1. The number of aryl methyl sites for hydroxylation is 2. The number of anilines is 2. The summed E-state index contributed by atoms with van der Waals surface area (Å²) < 4.78 is 23.1. The lowest BCUT2D eigenvalue weighted by atomic mass is 9.99. The minimum Gasteiger partial charge on any atom is -1.00 e. The fourth-order valence-corrected chi connectivity index (χ4v) is 7.79. The Morgan fingerprint density at radius 1 is 0.772 bits per heavy atom. The molecule has 3 fully saturated rings. The van der Waals surface area contributed by atoms with Crippen LogP contribution < -0.4 is 38.7 Å². The molecule has 3 saturated heterocycles. The van der Waals surface area contributed by atoms with Gasteiger partial charge in [0, 0.05) is 39.0 Å². The Balaban J connectivity index is 0.00000620. The maximum absolute atomic E-state index is 13.3. The van der Waals surface area contributed by atoms with Gasteiger partial charge in [-0.15, -0.1) is 0 Å². The van der Waals surface area contributed by atoms with Crippen molar-refractivity contribution in [1.29, 1.82) is 0 Å². The van der Waals surface area contributed by atoms with Crippen molar-refractivity contribution < 1.29 is 50.2 Å². The van der Waals surface area contributed by atoms with Crippen LogP contribution in [0, 0.1) is 0 Å². The predicted molar refractivity (Wildman–Crippen MR) is 211 cm³/mol. The van der Waals surface area contributed by atoms with E-state index in [4.69, 9.17) is 42.0 Å². The van der Waals surface area contributed by atoms with Gasteiger partial charge >= 0.3 is 0 Å². The molecule has 310 valence electrons. The van der Waals surface area contributed by atoms with Crippen LogP contribution >= 0.6 is 11.6 Å². The zero-order chi connectivity index (χ0) is 39.3. The maximum atomic E-state index is 13.3. The number of hydrogen-bond acceptors (Lipinski definition) is 11. The van der Waals surface area contributed by atoms with E-state index in [0.29, 0.717) is 64.1 Å². The summed E-state index contributed by atoms with van der Waals surface area (Å²) in [5, 5.41) is 3.10. The lowest BCUT2D eigenvalue weighted by molar-refractivity contribution is -0.933. The number of nitrogens with zero attached hydrogens (tertiary/aromatic N) is 5. The fraction of sp³-hybridized carbons (Fsp3) is 0.525. The number of carbonyl (C=O) groups is 3. The molecule has 0 bridgehead atoms. The van der Waals surface area contributed by atoms with Crippen LogP contribution in [0.2, 0.25) is 5.15 Å². The summed E-state index contributed by atoms with van der Waals surface area (Å²) in [6, 6.07) is 15.9. The molecule has 57 heavy (non-hydrogen) atoms. The normalized spacial score (nSPS) is 17.9. The number of halogens is 2. The molecule has 6 rings (SSSR count). The van der Waals surface area contributed by atoms with Gasteiger partial charge in [0.15, 0.2) is 35.7 Å². The van der Waals surface area contributed by atoms with E-state index in [0.717, 1.165) is 69.2 Å². The first kappa shape index (κ1) is 43.7. The molecule has 3 aliphatic heterocycles. The minimum absolute atomic E-state index is 0. The number of morpholine rings is 2. The first-order valence-electron chi connectivity index (χ1n) is 19.6. The van der Waals surface area contributed by atoms with Crippen LogP contribution in [-0.4, -0.2) is 140 Å². The van der Waals surface area contributed by atoms with Crippen molar-refractivity contribution in [3.8, 4) is 11.5 Å². The van der Waals surface area contributed by atoms with Gasteiger partial charge in [-0.05, 0) is 61.1 Å². The van der Waals surface area contributed by atoms with E-state index in [1.807, 2.05) is 24.3 Å². The molecule has 0 unspecified atom stereocenters.